The number of hydrogen-bond acceptors (Lipinski definition) is 5. The largest absolute Gasteiger partial charge is 0.480 e. The second kappa shape index (κ2) is 10.2. The van der Waals surface area contributed by atoms with E-state index in [1.54, 1.807) is 24.4 Å². The molecule has 1 aliphatic carbocycles. The first-order chi connectivity index (χ1) is 19.6. The van der Waals surface area contributed by atoms with Gasteiger partial charge in [0.1, 0.15) is 17.1 Å². The second-order valence-corrected chi connectivity index (χ2v) is 11.2. The fourth-order valence-corrected chi connectivity index (χ4v) is 5.94. The van der Waals surface area contributed by atoms with Gasteiger partial charge in [-0.3, -0.25) is 9.58 Å². The lowest BCUT2D eigenvalue weighted by Crippen LogP contribution is -2.54. The molecule has 8 nitrogen and oxygen atoms in total. The molecular weight excluding hydrogens is 540 g/mol. The Morgan fingerprint density at radius 3 is 2.54 bits per heavy atom. The smallest absolute Gasteiger partial charge is 0.416 e. The molecular formula is C29H32F4N6O2. The van der Waals surface area contributed by atoms with E-state index in [4.69, 9.17) is 4.74 Å². The van der Waals surface area contributed by atoms with Crippen molar-refractivity contribution in [2.24, 2.45) is 0 Å². The Labute approximate surface area is 235 Å². The van der Waals surface area contributed by atoms with Crippen molar-refractivity contribution in [3.8, 4) is 5.88 Å². The van der Waals surface area contributed by atoms with Gasteiger partial charge in [-0.15, -0.1) is 0 Å². The van der Waals surface area contributed by atoms with Gasteiger partial charge in [0.25, 0.3) is 0 Å². The molecule has 41 heavy (non-hydrogen) atoms. The number of carbonyl (C=O) groups excluding carboxylic acids is 1. The number of aromatic nitrogens is 3. The first kappa shape index (κ1) is 27.3. The van der Waals surface area contributed by atoms with Crippen LogP contribution < -0.4 is 14.5 Å². The van der Waals surface area contributed by atoms with Crippen molar-refractivity contribution in [2.45, 2.75) is 70.1 Å². The molecule has 3 aliphatic rings. The molecule has 0 spiro atoms. The number of benzene rings is 1. The van der Waals surface area contributed by atoms with Crippen molar-refractivity contribution in [3.05, 3.63) is 65.1 Å². The van der Waals surface area contributed by atoms with Gasteiger partial charge in [0.2, 0.25) is 5.88 Å². The number of urea groups is 1. The highest BCUT2D eigenvalue weighted by atomic mass is 19.4. The minimum Gasteiger partial charge on any atom is -0.480 e. The van der Waals surface area contributed by atoms with Gasteiger partial charge in [-0.2, -0.15) is 18.3 Å². The predicted octanol–water partition coefficient (Wildman–Crippen LogP) is 5.73. The van der Waals surface area contributed by atoms with E-state index in [2.05, 4.69) is 15.0 Å². The summed E-state index contributed by atoms with van der Waals surface area (Å²) in [4.78, 5) is 23.6. The monoisotopic (exact) mass is 572 g/mol. The zero-order valence-electron chi connectivity index (χ0n) is 23.0. The number of pyridine rings is 1. The number of methoxy groups -OCH3 is 1. The Hall–Kier alpha value is -3.83. The van der Waals surface area contributed by atoms with Gasteiger partial charge in [-0.1, -0.05) is 18.2 Å². The molecule has 2 aliphatic heterocycles. The van der Waals surface area contributed by atoms with Crippen LogP contribution in [0.5, 0.6) is 5.88 Å². The van der Waals surface area contributed by atoms with Gasteiger partial charge in [0, 0.05) is 31.5 Å². The average Bonchev–Trinajstić information content (AvgIpc) is 3.53. The zero-order chi connectivity index (χ0) is 28.9. The van der Waals surface area contributed by atoms with E-state index in [1.807, 2.05) is 13.0 Å². The van der Waals surface area contributed by atoms with Crippen molar-refractivity contribution < 1.29 is 27.1 Å². The SMILES string of the molecule is COc1nccc(C)c1N1CCC(N2Cc3nn(CC4(F)CC4)cc3N(Cc3ccccc3C(F)(F)F)C2=O)CC1. The molecule has 2 amide bonds. The maximum atomic E-state index is 14.6. The summed E-state index contributed by atoms with van der Waals surface area (Å²) in [6, 6.07) is 6.70. The first-order valence-corrected chi connectivity index (χ1v) is 13.8. The Bertz CT molecular complexity index is 1450. The lowest BCUT2D eigenvalue weighted by molar-refractivity contribution is -0.138. The van der Waals surface area contributed by atoms with E-state index in [0.717, 1.165) is 17.3 Å². The average molecular weight is 573 g/mol. The molecule has 0 radical (unpaired) electrons. The molecule has 0 bridgehead atoms. The van der Waals surface area contributed by atoms with Crippen LogP contribution in [0.25, 0.3) is 0 Å². The quantitative estimate of drug-likeness (QED) is 0.339. The van der Waals surface area contributed by atoms with Crippen molar-refractivity contribution >= 4 is 17.4 Å². The minimum atomic E-state index is -4.56. The van der Waals surface area contributed by atoms with Gasteiger partial charge in [0.15, 0.2) is 0 Å². The summed E-state index contributed by atoms with van der Waals surface area (Å²) in [5.74, 6) is 0.545. The number of piperidine rings is 1. The summed E-state index contributed by atoms with van der Waals surface area (Å²) < 4.78 is 63.1. The van der Waals surface area contributed by atoms with E-state index < -0.39 is 17.4 Å². The summed E-state index contributed by atoms with van der Waals surface area (Å²) in [6.45, 7) is 3.32. The number of fused-ring (bicyclic) bond motifs is 1. The topological polar surface area (TPSA) is 66.7 Å². The minimum absolute atomic E-state index is 0.00739. The summed E-state index contributed by atoms with van der Waals surface area (Å²) in [5.41, 5.74) is 0.844. The number of amides is 2. The van der Waals surface area contributed by atoms with Crippen molar-refractivity contribution in [1.82, 2.24) is 19.7 Å². The number of rotatable bonds is 7. The van der Waals surface area contributed by atoms with E-state index in [-0.39, 0.29) is 37.3 Å². The molecule has 3 aromatic rings. The molecule has 0 unspecified atom stereocenters. The van der Waals surface area contributed by atoms with Crippen LogP contribution in [0, 0.1) is 6.92 Å². The number of ether oxygens (including phenoxy) is 1. The third kappa shape index (κ3) is 5.31. The van der Waals surface area contributed by atoms with E-state index in [9.17, 15) is 22.4 Å². The fraction of sp³-hybridized carbons (Fsp3) is 0.483. The van der Waals surface area contributed by atoms with Crippen LogP contribution in [0.4, 0.5) is 33.7 Å². The lowest BCUT2D eigenvalue weighted by atomic mass is 10.0. The summed E-state index contributed by atoms with van der Waals surface area (Å²) in [7, 11) is 1.58. The number of nitrogens with zero attached hydrogens (tertiary/aromatic N) is 6. The highest BCUT2D eigenvalue weighted by molar-refractivity contribution is 5.94. The third-order valence-corrected chi connectivity index (χ3v) is 8.30. The van der Waals surface area contributed by atoms with Crippen molar-refractivity contribution in [1.29, 1.82) is 0 Å². The van der Waals surface area contributed by atoms with Crippen LogP contribution in [-0.2, 0) is 25.8 Å². The van der Waals surface area contributed by atoms with Crippen LogP contribution in [0.2, 0.25) is 0 Å². The number of aryl methyl sites for hydroxylation is 1. The number of halogens is 4. The molecule has 6 rings (SSSR count). The first-order valence-electron chi connectivity index (χ1n) is 13.8. The Kier molecular flexibility index (Phi) is 6.82. The van der Waals surface area contributed by atoms with Gasteiger partial charge < -0.3 is 14.5 Å². The van der Waals surface area contributed by atoms with Crippen molar-refractivity contribution in [3.63, 3.8) is 0 Å². The molecule has 0 atom stereocenters. The number of alkyl halides is 4. The molecule has 12 heteroatoms. The molecule has 218 valence electrons. The fourth-order valence-electron chi connectivity index (χ4n) is 5.94. The summed E-state index contributed by atoms with van der Waals surface area (Å²) in [6.07, 6.45) is 0.941. The number of carbonyl (C=O) groups is 1. The molecule has 2 aromatic heterocycles. The molecule has 1 saturated carbocycles. The number of hydrogen-bond donors (Lipinski definition) is 0. The Morgan fingerprint density at radius 2 is 1.85 bits per heavy atom. The molecule has 0 N–H and O–H groups in total. The molecule has 4 heterocycles. The van der Waals surface area contributed by atoms with E-state index in [0.29, 0.717) is 56.0 Å². The number of anilines is 2. The van der Waals surface area contributed by atoms with Crippen LogP contribution in [0.1, 0.15) is 48.1 Å². The van der Waals surface area contributed by atoms with Crippen LogP contribution in [-0.4, -0.2) is 57.6 Å². The van der Waals surface area contributed by atoms with Crippen LogP contribution in [0.15, 0.2) is 42.7 Å². The normalized spacial score (nSPS) is 19.0. The van der Waals surface area contributed by atoms with Crippen LogP contribution in [0.3, 0.4) is 0 Å². The van der Waals surface area contributed by atoms with Gasteiger partial charge in [0.05, 0.1) is 38.0 Å². The zero-order valence-corrected chi connectivity index (χ0v) is 23.0. The summed E-state index contributed by atoms with van der Waals surface area (Å²) >= 11 is 0. The van der Waals surface area contributed by atoms with Crippen LogP contribution >= 0.6 is 0 Å². The summed E-state index contributed by atoms with van der Waals surface area (Å²) in [5, 5.41) is 4.60. The lowest BCUT2D eigenvalue weighted by Gasteiger charge is -2.43. The standard InChI is InChI=1S/C29H32F4N6O2/c1-19-7-12-34-26(41-2)25(19)36-13-8-21(9-14-36)38-16-23-24(17-37(35-23)18-28(30)10-11-28)39(27(38)40)15-20-5-3-4-6-22(20)29(31,32)33/h3-7,12,17,21H,8-11,13-16,18H2,1-2H3. The highest BCUT2D eigenvalue weighted by Gasteiger charge is 2.45. The van der Waals surface area contributed by atoms with Gasteiger partial charge >= 0.3 is 12.2 Å². The Balaban J connectivity index is 1.28. The maximum Gasteiger partial charge on any atom is 0.416 e. The van der Waals surface area contributed by atoms with Gasteiger partial charge in [-0.05, 0) is 55.9 Å². The molecule has 2 fully saturated rings. The highest BCUT2D eigenvalue weighted by Crippen LogP contribution is 2.42. The van der Waals surface area contributed by atoms with E-state index >= 15 is 0 Å². The van der Waals surface area contributed by atoms with Gasteiger partial charge in [-0.25, -0.2) is 14.2 Å². The third-order valence-electron chi connectivity index (χ3n) is 8.30. The van der Waals surface area contributed by atoms with E-state index in [1.165, 1.54) is 27.8 Å². The predicted molar refractivity (Wildman–Crippen MR) is 145 cm³/mol. The molecule has 1 saturated heterocycles. The molecule has 1 aromatic carbocycles. The Morgan fingerprint density at radius 1 is 1.12 bits per heavy atom. The van der Waals surface area contributed by atoms with Crippen molar-refractivity contribution in [2.75, 3.05) is 30.0 Å². The maximum absolute atomic E-state index is 14.6. The second-order valence-electron chi connectivity index (χ2n) is 11.2.